The van der Waals surface area contributed by atoms with Gasteiger partial charge in [0.05, 0.1) is 5.69 Å². The maximum atomic E-state index is 10.9. The largest absolute Gasteiger partial charge is 0.387 e. The summed E-state index contributed by atoms with van der Waals surface area (Å²) in [4.78, 5) is 8.47. The van der Waals surface area contributed by atoms with Crippen LogP contribution >= 0.6 is 0 Å². The highest BCUT2D eigenvalue weighted by Gasteiger charge is 2.48. The van der Waals surface area contributed by atoms with Gasteiger partial charge in [0, 0.05) is 11.6 Å². The van der Waals surface area contributed by atoms with Crippen molar-refractivity contribution in [3.05, 3.63) is 59.2 Å². The topological polar surface area (TPSA) is 101 Å². The van der Waals surface area contributed by atoms with Crippen LogP contribution in [-0.4, -0.2) is 48.2 Å². The number of aliphatic hydroxyl groups excluding tert-OH is 3. The molecule has 0 amide bonds. The zero-order valence-electron chi connectivity index (χ0n) is 16.6. The lowest BCUT2D eigenvalue weighted by atomic mass is 9.66. The second kappa shape index (κ2) is 6.34. The Hall–Kier alpha value is -2.32. The summed E-state index contributed by atoms with van der Waals surface area (Å²) in [6, 6.07) is 7.74. The molecule has 1 aliphatic heterocycles. The molecule has 5 rings (SSSR count). The van der Waals surface area contributed by atoms with Gasteiger partial charge in [-0.25, -0.2) is 9.97 Å². The van der Waals surface area contributed by atoms with Crippen LogP contribution in [0.4, 0.5) is 0 Å². The van der Waals surface area contributed by atoms with Crippen LogP contribution in [0.3, 0.4) is 0 Å². The van der Waals surface area contributed by atoms with Crippen molar-refractivity contribution in [2.45, 2.75) is 63.3 Å². The Morgan fingerprint density at radius 1 is 1.17 bits per heavy atom. The fraction of sp³-hybridized carbons (Fsp3) is 0.455. The fourth-order valence-electron chi connectivity index (χ4n) is 4.74. The van der Waals surface area contributed by atoms with Crippen LogP contribution in [-0.2, 0) is 16.6 Å². The Morgan fingerprint density at radius 3 is 2.69 bits per heavy atom. The lowest BCUT2D eigenvalue weighted by Gasteiger charge is -2.38. The third-order valence-electron chi connectivity index (χ3n) is 6.40. The minimum Gasteiger partial charge on any atom is -0.387 e. The van der Waals surface area contributed by atoms with E-state index in [2.05, 4.69) is 23.8 Å². The van der Waals surface area contributed by atoms with Crippen molar-refractivity contribution in [1.82, 2.24) is 14.5 Å². The molecule has 7 heteroatoms. The normalized spacial score (nSPS) is 28.9. The molecule has 2 aromatic heterocycles. The molecule has 7 nitrogen and oxygen atoms in total. The molecule has 0 unspecified atom stereocenters. The predicted molar refractivity (Wildman–Crippen MR) is 106 cm³/mol. The molecular formula is C22H25N3O4. The van der Waals surface area contributed by atoms with Gasteiger partial charge in [-0.2, -0.15) is 0 Å². The van der Waals surface area contributed by atoms with Crippen LogP contribution in [0.25, 0.3) is 11.0 Å². The Bertz CT molecular complexity index is 1090. The van der Waals surface area contributed by atoms with Gasteiger partial charge in [0.1, 0.15) is 36.4 Å². The molecule has 1 fully saturated rings. The van der Waals surface area contributed by atoms with Gasteiger partial charge >= 0.3 is 0 Å². The molecule has 3 aromatic rings. The van der Waals surface area contributed by atoms with Gasteiger partial charge in [-0.3, -0.25) is 0 Å². The van der Waals surface area contributed by atoms with Crippen LogP contribution in [0.15, 0.2) is 36.8 Å². The van der Waals surface area contributed by atoms with Gasteiger partial charge in [0.2, 0.25) is 0 Å². The highest BCUT2D eigenvalue weighted by molar-refractivity contribution is 5.78. The molecule has 1 aliphatic carbocycles. The number of benzene rings is 1. The summed E-state index contributed by atoms with van der Waals surface area (Å²) >= 11 is 0. The number of aromatic nitrogens is 3. The molecule has 3 heterocycles. The van der Waals surface area contributed by atoms with Crippen molar-refractivity contribution in [1.29, 1.82) is 0 Å². The number of hydrogen-bond donors (Lipinski definition) is 3. The number of hydrogen-bond acceptors (Lipinski definition) is 6. The molecule has 1 saturated heterocycles. The van der Waals surface area contributed by atoms with Crippen molar-refractivity contribution < 1.29 is 20.1 Å². The standard InChI is InChI=1S/C22H25N3O4/c1-11-14-6-7-25(20(14)24-10-23-11)21-18(28)17(27)19(29-21)16(26)12-4-5-15-13(8-12)9-22(15,2)3/h4-8,10,16-19,21,26-28H,9H2,1-3H3/t16-,17+,18-,19-,21-/m1/s1. The Balaban J connectivity index is 1.44. The van der Waals surface area contributed by atoms with Crippen LogP contribution in [0.5, 0.6) is 0 Å². The number of aryl methyl sites for hydroxylation is 1. The average molecular weight is 395 g/mol. The highest BCUT2D eigenvalue weighted by atomic mass is 16.6. The lowest BCUT2D eigenvalue weighted by molar-refractivity contribution is -0.0848. The molecule has 2 aliphatic rings. The number of rotatable bonds is 3. The summed E-state index contributed by atoms with van der Waals surface area (Å²) in [5.41, 5.74) is 4.79. The van der Waals surface area contributed by atoms with E-state index in [1.807, 2.05) is 31.2 Å². The van der Waals surface area contributed by atoms with E-state index in [1.54, 1.807) is 10.8 Å². The highest BCUT2D eigenvalue weighted by Crippen LogP contribution is 2.43. The molecule has 0 bridgehead atoms. The quantitative estimate of drug-likeness (QED) is 0.627. The predicted octanol–water partition coefficient (Wildman–Crippen LogP) is 1.93. The Morgan fingerprint density at radius 2 is 1.97 bits per heavy atom. The van der Waals surface area contributed by atoms with Gasteiger partial charge in [0.15, 0.2) is 6.23 Å². The van der Waals surface area contributed by atoms with Crippen molar-refractivity contribution >= 4 is 11.0 Å². The Labute approximate surface area is 168 Å². The number of aliphatic hydroxyl groups is 3. The van der Waals surface area contributed by atoms with E-state index < -0.39 is 30.6 Å². The fourth-order valence-corrected chi connectivity index (χ4v) is 4.74. The maximum absolute atomic E-state index is 10.9. The Kier molecular flexibility index (Phi) is 4.08. The molecular weight excluding hydrogens is 370 g/mol. The molecule has 0 radical (unpaired) electrons. The first-order valence-electron chi connectivity index (χ1n) is 9.89. The van der Waals surface area contributed by atoms with Crippen molar-refractivity contribution in [2.75, 3.05) is 0 Å². The molecule has 0 saturated carbocycles. The summed E-state index contributed by atoms with van der Waals surface area (Å²) in [5.74, 6) is 0. The number of nitrogens with zero attached hydrogens (tertiary/aromatic N) is 3. The first-order valence-corrected chi connectivity index (χ1v) is 9.89. The smallest absolute Gasteiger partial charge is 0.164 e. The number of ether oxygens (including phenoxy) is 1. The molecule has 5 atom stereocenters. The van der Waals surface area contributed by atoms with E-state index in [0.29, 0.717) is 11.2 Å². The first kappa shape index (κ1) is 18.7. The summed E-state index contributed by atoms with van der Waals surface area (Å²) in [6.45, 7) is 6.28. The van der Waals surface area contributed by atoms with Gasteiger partial charge < -0.3 is 24.6 Å². The molecule has 3 N–H and O–H groups in total. The first-order chi connectivity index (χ1) is 13.8. The van der Waals surface area contributed by atoms with Crippen molar-refractivity contribution in [2.24, 2.45) is 0 Å². The van der Waals surface area contributed by atoms with E-state index >= 15 is 0 Å². The van der Waals surface area contributed by atoms with Crippen LogP contribution in [0.2, 0.25) is 0 Å². The van der Waals surface area contributed by atoms with E-state index in [0.717, 1.165) is 17.5 Å². The monoisotopic (exact) mass is 395 g/mol. The lowest BCUT2D eigenvalue weighted by Crippen LogP contribution is -2.36. The zero-order valence-corrected chi connectivity index (χ0v) is 16.6. The van der Waals surface area contributed by atoms with Gasteiger partial charge in [-0.1, -0.05) is 32.0 Å². The third-order valence-corrected chi connectivity index (χ3v) is 6.40. The zero-order chi connectivity index (χ0) is 20.5. The van der Waals surface area contributed by atoms with Crippen molar-refractivity contribution in [3.63, 3.8) is 0 Å². The van der Waals surface area contributed by atoms with Crippen LogP contribution < -0.4 is 0 Å². The third kappa shape index (κ3) is 2.73. The molecule has 152 valence electrons. The van der Waals surface area contributed by atoms with E-state index in [1.165, 1.54) is 17.5 Å². The summed E-state index contributed by atoms with van der Waals surface area (Å²) in [6.07, 6.45) is -1.07. The van der Waals surface area contributed by atoms with Crippen molar-refractivity contribution in [3.8, 4) is 0 Å². The van der Waals surface area contributed by atoms with E-state index in [-0.39, 0.29) is 5.41 Å². The molecule has 0 spiro atoms. The summed E-state index contributed by atoms with van der Waals surface area (Å²) in [7, 11) is 0. The minimum absolute atomic E-state index is 0.166. The van der Waals surface area contributed by atoms with Gasteiger partial charge in [0.25, 0.3) is 0 Å². The van der Waals surface area contributed by atoms with E-state index in [4.69, 9.17) is 4.74 Å². The summed E-state index contributed by atoms with van der Waals surface area (Å²) in [5, 5.41) is 33.1. The van der Waals surface area contributed by atoms with Gasteiger partial charge in [-0.05, 0) is 41.5 Å². The van der Waals surface area contributed by atoms with E-state index in [9.17, 15) is 15.3 Å². The molecule has 29 heavy (non-hydrogen) atoms. The SMILES string of the molecule is Cc1ncnc2c1ccn2[C@@H]1O[C@H]([C@H](O)c2ccc3c(c2)CC3(C)C)[C@@H](O)[C@H]1O. The van der Waals surface area contributed by atoms with Crippen LogP contribution in [0, 0.1) is 6.92 Å². The van der Waals surface area contributed by atoms with Gasteiger partial charge in [-0.15, -0.1) is 0 Å². The average Bonchev–Trinajstić information content (AvgIpc) is 3.23. The summed E-state index contributed by atoms with van der Waals surface area (Å²) < 4.78 is 7.66. The maximum Gasteiger partial charge on any atom is 0.164 e. The second-order valence-electron chi connectivity index (χ2n) is 8.81. The molecule has 1 aromatic carbocycles. The minimum atomic E-state index is -1.22. The second-order valence-corrected chi connectivity index (χ2v) is 8.81. The number of fused-ring (bicyclic) bond motifs is 2. The van der Waals surface area contributed by atoms with Crippen LogP contribution in [0.1, 0.15) is 48.6 Å².